The van der Waals surface area contributed by atoms with Gasteiger partial charge in [0.05, 0.1) is 12.2 Å². The van der Waals surface area contributed by atoms with Crippen molar-refractivity contribution in [1.82, 2.24) is 4.98 Å². The highest BCUT2D eigenvalue weighted by atomic mass is 32.2. The summed E-state index contributed by atoms with van der Waals surface area (Å²) in [5, 5.41) is 0.861. The van der Waals surface area contributed by atoms with Crippen LogP contribution in [-0.4, -0.2) is 17.6 Å². The monoisotopic (exact) mass is 302 g/mol. The Kier molecular flexibility index (Phi) is 4.85. The number of benzene rings is 1. The molecule has 0 spiro atoms. The Hall–Kier alpha value is -2.01. The second-order valence-corrected chi connectivity index (χ2v) is 5.76. The van der Waals surface area contributed by atoms with Crippen molar-refractivity contribution in [2.24, 2.45) is 0 Å². The molecule has 5 heteroatoms. The second-order valence-electron chi connectivity index (χ2n) is 4.70. The topological polar surface area (TPSA) is 65.2 Å². The number of nitrogens with two attached hydrogens (primary N) is 1. The number of nitrogen functional groups attached to an aromatic ring is 1. The Labute approximate surface area is 128 Å². The van der Waals surface area contributed by atoms with E-state index in [1.807, 2.05) is 26.0 Å². The van der Waals surface area contributed by atoms with Crippen LogP contribution in [0, 0.1) is 13.8 Å². The number of aromatic nitrogens is 1. The number of hydrogen-bond acceptors (Lipinski definition) is 5. The van der Waals surface area contributed by atoms with Crippen molar-refractivity contribution in [3.63, 3.8) is 0 Å². The molecule has 2 aromatic rings. The Morgan fingerprint density at radius 1 is 1.29 bits per heavy atom. The van der Waals surface area contributed by atoms with Gasteiger partial charge in [0.25, 0.3) is 0 Å². The van der Waals surface area contributed by atoms with Crippen molar-refractivity contribution in [1.29, 1.82) is 0 Å². The van der Waals surface area contributed by atoms with Gasteiger partial charge in [-0.1, -0.05) is 11.8 Å². The molecule has 0 radical (unpaired) electrons. The molecule has 0 atom stereocenters. The smallest absolute Gasteiger partial charge is 0.338 e. The quantitative estimate of drug-likeness (QED) is 0.690. The number of carbonyl (C=O) groups excluding carboxylic acids is 1. The number of pyridine rings is 1. The molecule has 0 fully saturated rings. The van der Waals surface area contributed by atoms with E-state index in [2.05, 4.69) is 4.98 Å². The fourth-order valence-corrected chi connectivity index (χ4v) is 2.96. The molecule has 0 aliphatic carbocycles. The summed E-state index contributed by atoms with van der Waals surface area (Å²) in [6.45, 7) is 6.11. The van der Waals surface area contributed by atoms with E-state index in [-0.39, 0.29) is 5.97 Å². The number of esters is 1. The van der Waals surface area contributed by atoms with E-state index in [0.717, 1.165) is 21.2 Å². The molecule has 110 valence electrons. The van der Waals surface area contributed by atoms with Crippen LogP contribution in [0.4, 0.5) is 5.69 Å². The molecule has 2 rings (SSSR count). The predicted octanol–water partition coefficient (Wildman–Crippen LogP) is 3.61. The molecular formula is C16H18N2O2S. The van der Waals surface area contributed by atoms with E-state index < -0.39 is 0 Å². The maximum Gasteiger partial charge on any atom is 0.338 e. The molecule has 4 nitrogen and oxygen atoms in total. The van der Waals surface area contributed by atoms with E-state index in [0.29, 0.717) is 17.9 Å². The van der Waals surface area contributed by atoms with Gasteiger partial charge in [0.1, 0.15) is 5.03 Å². The van der Waals surface area contributed by atoms with E-state index in [4.69, 9.17) is 10.5 Å². The molecule has 0 aliphatic heterocycles. The van der Waals surface area contributed by atoms with Gasteiger partial charge >= 0.3 is 5.97 Å². The van der Waals surface area contributed by atoms with Crippen LogP contribution in [0.3, 0.4) is 0 Å². The van der Waals surface area contributed by atoms with Gasteiger partial charge in [-0.15, -0.1) is 0 Å². The zero-order valence-electron chi connectivity index (χ0n) is 12.3. The zero-order chi connectivity index (χ0) is 15.4. The average molecular weight is 302 g/mol. The second kappa shape index (κ2) is 6.63. The highest BCUT2D eigenvalue weighted by Gasteiger charge is 2.11. The minimum absolute atomic E-state index is 0.340. The fourth-order valence-electron chi connectivity index (χ4n) is 1.93. The van der Waals surface area contributed by atoms with E-state index in [9.17, 15) is 4.79 Å². The number of carbonyl (C=O) groups is 1. The lowest BCUT2D eigenvalue weighted by atomic mass is 10.2. The lowest BCUT2D eigenvalue weighted by Crippen LogP contribution is -2.05. The lowest BCUT2D eigenvalue weighted by molar-refractivity contribution is 0.0526. The van der Waals surface area contributed by atoms with Gasteiger partial charge < -0.3 is 10.5 Å². The first kappa shape index (κ1) is 15.4. The molecule has 1 heterocycles. The van der Waals surface area contributed by atoms with Gasteiger partial charge in [-0.05, 0) is 56.7 Å². The van der Waals surface area contributed by atoms with Crippen molar-refractivity contribution in [3.05, 3.63) is 47.2 Å². The van der Waals surface area contributed by atoms with Crippen LogP contribution in [-0.2, 0) is 4.74 Å². The maximum atomic E-state index is 11.8. The molecule has 0 saturated carbocycles. The molecular weight excluding hydrogens is 284 g/mol. The van der Waals surface area contributed by atoms with E-state index >= 15 is 0 Å². The minimum Gasteiger partial charge on any atom is -0.462 e. The van der Waals surface area contributed by atoms with E-state index in [1.54, 1.807) is 25.1 Å². The van der Waals surface area contributed by atoms with Gasteiger partial charge in [0, 0.05) is 16.3 Å². The highest BCUT2D eigenvalue weighted by Crippen LogP contribution is 2.32. The van der Waals surface area contributed by atoms with Crippen molar-refractivity contribution in [3.8, 4) is 0 Å². The normalized spacial score (nSPS) is 10.4. The molecule has 0 aliphatic rings. The van der Waals surface area contributed by atoms with Crippen molar-refractivity contribution < 1.29 is 9.53 Å². The summed E-state index contributed by atoms with van der Waals surface area (Å²) >= 11 is 1.45. The van der Waals surface area contributed by atoms with Crippen molar-refractivity contribution in [2.45, 2.75) is 30.7 Å². The number of anilines is 1. The summed E-state index contributed by atoms with van der Waals surface area (Å²) in [6.07, 6.45) is 0. The van der Waals surface area contributed by atoms with Crippen molar-refractivity contribution in [2.75, 3.05) is 12.3 Å². The first-order valence-corrected chi connectivity index (χ1v) is 7.51. The van der Waals surface area contributed by atoms with Crippen LogP contribution < -0.4 is 5.73 Å². The zero-order valence-corrected chi connectivity index (χ0v) is 13.2. The van der Waals surface area contributed by atoms with Crippen LogP contribution in [0.2, 0.25) is 0 Å². The number of nitrogens with zero attached hydrogens (tertiary/aromatic N) is 1. The summed E-state index contributed by atoms with van der Waals surface area (Å²) in [5.41, 5.74) is 9.20. The maximum absolute atomic E-state index is 11.8. The van der Waals surface area contributed by atoms with Gasteiger partial charge in [-0.2, -0.15) is 0 Å². The Bertz CT molecular complexity index is 651. The summed E-state index contributed by atoms with van der Waals surface area (Å²) in [4.78, 5) is 17.1. The van der Waals surface area contributed by atoms with Gasteiger partial charge in [-0.3, -0.25) is 0 Å². The Morgan fingerprint density at radius 2 is 2.05 bits per heavy atom. The first-order valence-electron chi connectivity index (χ1n) is 6.69. The number of aryl methyl sites for hydroxylation is 2. The number of hydrogen-bond donors (Lipinski definition) is 1. The first-order chi connectivity index (χ1) is 9.99. The summed E-state index contributed by atoms with van der Waals surface area (Å²) in [7, 11) is 0. The third kappa shape index (κ3) is 3.98. The largest absolute Gasteiger partial charge is 0.462 e. The van der Waals surface area contributed by atoms with Crippen LogP contribution in [0.25, 0.3) is 0 Å². The van der Waals surface area contributed by atoms with E-state index in [1.165, 1.54) is 11.8 Å². The SMILES string of the molecule is CCOC(=O)c1ccc(N)c(Sc2cc(C)cc(C)n2)c1. The molecule has 1 aromatic carbocycles. The Balaban J connectivity index is 2.30. The van der Waals surface area contributed by atoms with Crippen LogP contribution in [0.15, 0.2) is 40.3 Å². The lowest BCUT2D eigenvalue weighted by Gasteiger charge is -2.09. The average Bonchev–Trinajstić information content (AvgIpc) is 2.40. The van der Waals surface area contributed by atoms with Gasteiger partial charge in [-0.25, -0.2) is 9.78 Å². The third-order valence-electron chi connectivity index (χ3n) is 2.81. The predicted molar refractivity (Wildman–Crippen MR) is 84.6 cm³/mol. The Morgan fingerprint density at radius 3 is 2.71 bits per heavy atom. The highest BCUT2D eigenvalue weighted by molar-refractivity contribution is 7.99. The van der Waals surface area contributed by atoms with Crippen LogP contribution >= 0.6 is 11.8 Å². The van der Waals surface area contributed by atoms with Crippen LogP contribution in [0.1, 0.15) is 28.5 Å². The van der Waals surface area contributed by atoms with Gasteiger partial charge in [0.2, 0.25) is 0 Å². The summed E-state index contributed by atoms with van der Waals surface area (Å²) in [5.74, 6) is -0.340. The van der Waals surface area contributed by atoms with Crippen molar-refractivity contribution >= 4 is 23.4 Å². The number of ether oxygens (including phenoxy) is 1. The fraction of sp³-hybridized carbons (Fsp3) is 0.250. The molecule has 0 amide bonds. The summed E-state index contributed by atoms with van der Waals surface area (Å²) < 4.78 is 5.01. The molecule has 21 heavy (non-hydrogen) atoms. The molecule has 2 N–H and O–H groups in total. The third-order valence-corrected chi connectivity index (χ3v) is 3.81. The standard InChI is InChI=1S/C16H18N2O2S/c1-4-20-16(19)12-5-6-13(17)14(9-12)21-15-8-10(2)7-11(3)18-15/h5-9H,4,17H2,1-3H3. The van der Waals surface area contributed by atoms with Gasteiger partial charge in [0.15, 0.2) is 0 Å². The summed E-state index contributed by atoms with van der Waals surface area (Å²) in [6, 6.07) is 9.15. The molecule has 0 saturated heterocycles. The van der Waals surface area contributed by atoms with Crippen LogP contribution in [0.5, 0.6) is 0 Å². The minimum atomic E-state index is -0.340. The molecule has 0 bridgehead atoms. The molecule has 1 aromatic heterocycles. The number of rotatable bonds is 4. The molecule has 0 unspecified atom stereocenters.